The SMILES string of the molecule is COC(=O)[C@]1(C)C2CC[C@]3(C)\C(=C(C)/C=C/C=C(\C)C=O)C(=O)C[C@H]3[C@@]2(C)CC[C@H]1OC(C)=O. The summed E-state index contributed by atoms with van der Waals surface area (Å²) in [7, 11) is 1.38. The molecule has 3 saturated carbocycles. The van der Waals surface area contributed by atoms with Gasteiger partial charge in [-0.05, 0) is 74.9 Å². The number of ketones is 1. The number of fused-ring (bicyclic) bond motifs is 3. The molecule has 3 rings (SSSR count). The van der Waals surface area contributed by atoms with Gasteiger partial charge in [0.05, 0.1) is 7.11 Å². The molecule has 0 aromatic heterocycles. The monoisotopic (exact) mass is 470 g/mol. The topological polar surface area (TPSA) is 86.7 Å². The molecule has 0 radical (unpaired) electrons. The summed E-state index contributed by atoms with van der Waals surface area (Å²) >= 11 is 0. The summed E-state index contributed by atoms with van der Waals surface area (Å²) in [5, 5.41) is 0. The molecule has 0 saturated heterocycles. The Balaban J connectivity index is 2.05. The van der Waals surface area contributed by atoms with E-state index in [2.05, 4.69) is 13.8 Å². The van der Waals surface area contributed by atoms with Gasteiger partial charge < -0.3 is 9.47 Å². The lowest BCUT2D eigenvalue weighted by atomic mass is 9.42. The maximum absolute atomic E-state index is 13.4. The number of esters is 2. The van der Waals surface area contributed by atoms with Crippen molar-refractivity contribution in [3.05, 3.63) is 34.9 Å². The van der Waals surface area contributed by atoms with Gasteiger partial charge in [-0.1, -0.05) is 32.1 Å². The van der Waals surface area contributed by atoms with Crippen LogP contribution in [-0.4, -0.2) is 37.2 Å². The molecule has 0 aromatic carbocycles. The van der Waals surface area contributed by atoms with Gasteiger partial charge in [0.2, 0.25) is 0 Å². The molecule has 0 spiro atoms. The largest absolute Gasteiger partial charge is 0.468 e. The molecular weight excluding hydrogens is 432 g/mol. The first-order chi connectivity index (χ1) is 15.9. The molecule has 3 aliphatic carbocycles. The van der Waals surface area contributed by atoms with Crippen LogP contribution < -0.4 is 0 Å². The number of hydrogen-bond donors (Lipinski definition) is 0. The summed E-state index contributed by atoms with van der Waals surface area (Å²) in [5.41, 5.74) is 0.878. The van der Waals surface area contributed by atoms with E-state index in [0.717, 1.165) is 36.7 Å². The lowest BCUT2D eigenvalue weighted by Gasteiger charge is -2.61. The highest BCUT2D eigenvalue weighted by Crippen LogP contribution is 2.69. The molecule has 3 aliphatic rings. The highest BCUT2D eigenvalue weighted by molar-refractivity contribution is 6.01. The van der Waals surface area contributed by atoms with Crippen molar-refractivity contribution in [1.82, 2.24) is 0 Å². The van der Waals surface area contributed by atoms with Crippen molar-refractivity contribution in [2.75, 3.05) is 7.11 Å². The lowest BCUT2D eigenvalue weighted by Crippen LogP contribution is -2.62. The second-order valence-corrected chi connectivity index (χ2v) is 11.1. The predicted octanol–water partition coefficient (Wildman–Crippen LogP) is 4.92. The summed E-state index contributed by atoms with van der Waals surface area (Å²) in [5.74, 6) is -0.569. The van der Waals surface area contributed by atoms with Gasteiger partial charge in [-0.2, -0.15) is 0 Å². The fourth-order valence-electron chi connectivity index (χ4n) is 7.59. The highest BCUT2D eigenvalue weighted by atomic mass is 16.6. The molecule has 3 fully saturated rings. The zero-order valence-electron chi connectivity index (χ0n) is 21.5. The van der Waals surface area contributed by atoms with Crippen LogP contribution in [0.2, 0.25) is 0 Å². The van der Waals surface area contributed by atoms with Crippen LogP contribution in [0.15, 0.2) is 34.9 Å². The summed E-state index contributed by atoms with van der Waals surface area (Å²) in [6.07, 6.45) is 9.04. The van der Waals surface area contributed by atoms with Gasteiger partial charge >= 0.3 is 11.9 Å². The molecule has 0 bridgehead atoms. The number of carbonyl (C=O) groups is 4. The summed E-state index contributed by atoms with van der Waals surface area (Å²) in [4.78, 5) is 49.3. The Bertz CT molecular complexity index is 987. The Morgan fingerprint density at radius 1 is 1.03 bits per heavy atom. The van der Waals surface area contributed by atoms with Gasteiger partial charge in [0.1, 0.15) is 17.8 Å². The van der Waals surface area contributed by atoms with Crippen LogP contribution in [-0.2, 0) is 28.7 Å². The van der Waals surface area contributed by atoms with E-state index < -0.39 is 17.5 Å². The van der Waals surface area contributed by atoms with Gasteiger partial charge in [0.15, 0.2) is 5.78 Å². The van der Waals surface area contributed by atoms with Crippen LogP contribution in [0, 0.1) is 28.1 Å². The standard InChI is InChI=1S/C28H38O6/c1-17(16-29)9-8-10-18(2)24-20(31)15-22-26(4)14-12-23(34-19(3)30)28(6,25(32)33-7)21(26)11-13-27(22,24)5/h8-10,16,21-23H,11-15H2,1-7H3/b10-8+,17-9+,24-18-/t21?,22-,23+,26-,27-,28+/m0/s1. The van der Waals surface area contributed by atoms with Gasteiger partial charge in [-0.3, -0.25) is 19.2 Å². The van der Waals surface area contributed by atoms with Crippen LogP contribution in [0.3, 0.4) is 0 Å². The van der Waals surface area contributed by atoms with Crippen molar-refractivity contribution in [2.24, 2.45) is 28.1 Å². The number of ether oxygens (including phenoxy) is 2. The molecule has 0 N–H and O–H groups in total. The lowest BCUT2D eigenvalue weighted by molar-refractivity contribution is -0.206. The number of Topliss-reactive ketones (excluding diaryl/α,β-unsaturated/α-hetero) is 1. The third-order valence-corrected chi connectivity index (χ3v) is 9.11. The number of carbonyl (C=O) groups excluding carboxylic acids is 4. The predicted molar refractivity (Wildman–Crippen MR) is 129 cm³/mol. The zero-order valence-corrected chi connectivity index (χ0v) is 21.5. The summed E-state index contributed by atoms with van der Waals surface area (Å²) in [6.45, 7) is 11.4. The molecular formula is C28H38O6. The second kappa shape index (κ2) is 9.27. The van der Waals surface area contributed by atoms with E-state index in [-0.39, 0.29) is 34.4 Å². The average Bonchev–Trinajstić information content (AvgIpc) is 3.06. The van der Waals surface area contributed by atoms with Crippen molar-refractivity contribution in [2.45, 2.75) is 79.8 Å². The Hall–Kier alpha value is -2.50. The van der Waals surface area contributed by atoms with Crippen molar-refractivity contribution >= 4 is 24.0 Å². The molecule has 0 aromatic rings. The van der Waals surface area contributed by atoms with Crippen molar-refractivity contribution in [3.8, 4) is 0 Å². The van der Waals surface area contributed by atoms with E-state index >= 15 is 0 Å². The van der Waals surface area contributed by atoms with E-state index in [0.29, 0.717) is 18.4 Å². The number of allylic oxidation sites excluding steroid dienone is 6. The highest BCUT2D eigenvalue weighted by Gasteiger charge is 2.68. The number of hydrogen-bond acceptors (Lipinski definition) is 6. The molecule has 186 valence electrons. The van der Waals surface area contributed by atoms with E-state index in [1.165, 1.54) is 14.0 Å². The van der Waals surface area contributed by atoms with Crippen molar-refractivity contribution < 1.29 is 28.7 Å². The number of methoxy groups -OCH3 is 1. The average molecular weight is 471 g/mol. The van der Waals surface area contributed by atoms with E-state index in [9.17, 15) is 19.2 Å². The van der Waals surface area contributed by atoms with Gasteiger partial charge in [-0.25, -0.2) is 0 Å². The molecule has 1 unspecified atom stereocenters. The maximum atomic E-state index is 13.4. The normalized spacial score (nSPS) is 39.3. The molecule has 0 amide bonds. The van der Waals surface area contributed by atoms with Gasteiger partial charge in [0.25, 0.3) is 0 Å². The quantitative estimate of drug-likeness (QED) is 0.245. The van der Waals surface area contributed by atoms with Crippen LogP contribution in [0.1, 0.15) is 73.6 Å². The molecule has 0 aliphatic heterocycles. The molecule has 0 heterocycles. The Morgan fingerprint density at radius 3 is 2.29 bits per heavy atom. The van der Waals surface area contributed by atoms with Crippen LogP contribution in [0.5, 0.6) is 0 Å². The first-order valence-electron chi connectivity index (χ1n) is 12.2. The molecule has 34 heavy (non-hydrogen) atoms. The number of aldehydes is 1. The Kier molecular flexibility index (Phi) is 7.12. The van der Waals surface area contributed by atoms with Crippen molar-refractivity contribution in [1.29, 1.82) is 0 Å². The fraction of sp³-hybridized carbons (Fsp3) is 0.643. The molecule has 6 heteroatoms. The molecule has 6 nitrogen and oxygen atoms in total. The third kappa shape index (κ3) is 3.99. The van der Waals surface area contributed by atoms with Gasteiger partial charge in [0, 0.05) is 24.3 Å². The van der Waals surface area contributed by atoms with E-state index in [1.54, 1.807) is 13.0 Å². The summed E-state index contributed by atoms with van der Waals surface area (Å²) in [6, 6.07) is 0. The van der Waals surface area contributed by atoms with E-state index in [1.807, 2.05) is 26.0 Å². The number of rotatable bonds is 5. The fourth-order valence-corrected chi connectivity index (χ4v) is 7.59. The zero-order chi connectivity index (χ0) is 25.5. The smallest absolute Gasteiger partial charge is 0.315 e. The van der Waals surface area contributed by atoms with Crippen molar-refractivity contribution in [3.63, 3.8) is 0 Å². The van der Waals surface area contributed by atoms with Crippen LogP contribution in [0.25, 0.3) is 0 Å². The Labute approximate surface area is 202 Å². The minimum Gasteiger partial charge on any atom is -0.468 e. The minimum absolute atomic E-state index is 0.0650. The minimum atomic E-state index is -0.962. The summed E-state index contributed by atoms with van der Waals surface area (Å²) < 4.78 is 10.9. The second-order valence-electron chi connectivity index (χ2n) is 11.1. The Morgan fingerprint density at radius 2 is 1.71 bits per heavy atom. The van der Waals surface area contributed by atoms with Crippen LogP contribution in [0.4, 0.5) is 0 Å². The van der Waals surface area contributed by atoms with Crippen LogP contribution >= 0.6 is 0 Å². The van der Waals surface area contributed by atoms with Gasteiger partial charge in [-0.15, -0.1) is 0 Å². The first-order valence-corrected chi connectivity index (χ1v) is 12.2. The first kappa shape index (κ1) is 26.1. The third-order valence-electron chi connectivity index (χ3n) is 9.11. The van der Waals surface area contributed by atoms with E-state index in [4.69, 9.17) is 9.47 Å². The molecule has 6 atom stereocenters. The maximum Gasteiger partial charge on any atom is 0.315 e.